The number of hydrogen-bond acceptors (Lipinski definition) is 1. The van der Waals surface area contributed by atoms with Gasteiger partial charge in [-0.25, -0.2) is 0 Å². The summed E-state index contributed by atoms with van der Waals surface area (Å²) in [4.78, 5) is 4.81. The topological polar surface area (TPSA) is 22.2 Å². The zero-order chi connectivity index (χ0) is 22.9. The first-order chi connectivity index (χ1) is 14.7. The van der Waals surface area contributed by atoms with Gasteiger partial charge in [-0.1, -0.05) is 91.8 Å². The molecule has 0 aliphatic carbocycles. The lowest BCUT2D eigenvalue weighted by molar-refractivity contribution is 0.758. The van der Waals surface area contributed by atoms with Gasteiger partial charge in [-0.2, -0.15) is 0 Å². The highest BCUT2D eigenvalue weighted by atomic mass is 15.2. The predicted octanol–water partition coefficient (Wildman–Crippen LogP) is 7.29. The highest BCUT2D eigenvalue weighted by Crippen LogP contribution is 2.32. The van der Waals surface area contributed by atoms with Gasteiger partial charge in [0.25, 0.3) is 0 Å². The molecule has 3 rings (SSSR count). The molecule has 0 saturated carbocycles. The standard InChI is InChI=1S/C28H39N3/c1-18(2)22-12-10-13-23(19(3)4)26(22)30-16-17-31(28(30)29-9)27-24(20(5)6)14-11-15-25(27)21(7)8/h10-21H,1-9H3. The summed E-state index contributed by atoms with van der Waals surface area (Å²) in [6, 6.07) is 13.4. The molecule has 3 heteroatoms. The van der Waals surface area contributed by atoms with Crippen LogP contribution in [0.4, 0.5) is 0 Å². The van der Waals surface area contributed by atoms with Gasteiger partial charge in [0.05, 0.1) is 11.4 Å². The number of imidazole rings is 1. The Hall–Kier alpha value is -2.55. The highest BCUT2D eigenvalue weighted by Gasteiger charge is 2.20. The third-order valence-corrected chi connectivity index (χ3v) is 6.16. The van der Waals surface area contributed by atoms with Crippen LogP contribution in [0.5, 0.6) is 0 Å². The van der Waals surface area contributed by atoms with Crippen molar-refractivity contribution >= 4 is 0 Å². The van der Waals surface area contributed by atoms with Gasteiger partial charge in [0.15, 0.2) is 0 Å². The normalized spacial score (nSPS) is 11.9. The number of benzene rings is 2. The molecule has 0 N–H and O–H groups in total. The molecule has 0 saturated heterocycles. The van der Waals surface area contributed by atoms with Crippen LogP contribution in [0.1, 0.15) is 101 Å². The second-order valence-electron chi connectivity index (χ2n) is 9.75. The van der Waals surface area contributed by atoms with Crippen LogP contribution in [0.25, 0.3) is 11.4 Å². The second kappa shape index (κ2) is 9.30. The van der Waals surface area contributed by atoms with Gasteiger partial charge in [0, 0.05) is 19.4 Å². The summed E-state index contributed by atoms with van der Waals surface area (Å²) in [5.74, 6) is 1.73. The first-order valence-electron chi connectivity index (χ1n) is 11.7. The van der Waals surface area contributed by atoms with Crippen molar-refractivity contribution in [3.05, 3.63) is 76.7 Å². The Bertz CT molecular complexity index is 971. The fourth-order valence-electron chi connectivity index (χ4n) is 4.53. The molecule has 0 atom stereocenters. The molecule has 0 radical (unpaired) electrons. The van der Waals surface area contributed by atoms with E-state index in [0.29, 0.717) is 23.7 Å². The minimum atomic E-state index is 0.434. The van der Waals surface area contributed by atoms with Crippen molar-refractivity contribution in [1.29, 1.82) is 0 Å². The van der Waals surface area contributed by atoms with Crippen molar-refractivity contribution in [1.82, 2.24) is 9.13 Å². The Kier molecular flexibility index (Phi) is 6.93. The summed E-state index contributed by atoms with van der Waals surface area (Å²) in [5.41, 5.74) is 8.96. The molecule has 0 fully saturated rings. The number of rotatable bonds is 6. The minimum absolute atomic E-state index is 0.434. The molecular weight excluding hydrogens is 378 g/mol. The lowest BCUT2D eigenvalue weighted by atomic mass is 9.92. The van der Waals surface area contributed by atoms with Crippen molar-refractivity contribution < 1.29 is 0 Å². The maximum absolute atomic E-state index is 4.81. The Morgan fingerprint density at radius 1 is 0.548 bits per heavy atom. The Morgan fingerprint density at radius 3 is 1.06 bits per heavy atom. The van der Waals surface area contributed by atoms with Crippen LogP contribution < -0.4 is 5.62 Å². The molecule has 1 heterocycles. The average molecular weight is 418 g/mol. The number of hydrogen-bond donors (Lipinski definition) is 0. The van der Waals surface area contributed by atoms with Gasteiger partial charge < -0.3 is 0 Å². The van der Waals surface area contributed by atoms with Crippen LogP contribution in [0.2, 0.25) is 0 Å². The van der Waals surface area contributed by atoms with Gasteiger partial charge in [-0.15, -0.1) is 0 Å². The van der Waals surface area contributed by atoms with Crippen LogP contribution in [0.3, 0.4) is 0 Å². The lowest BCUT2D eigenvalue weighted by Crippen LogP contribution is -2.27. The first-order valence-corrected chi connectivity index (χ1v) is 11.7. The van der Waals surface area contributed by atoms with E-state index in [1.54, 1.807) is 0 Å². The summed E-state index contributed by atoms with van der Waals surface area (Å²) in [6.45, 7) is 18.2. The molecule has 2 aromatic carbocycles. The molecule has 0 aliphatic heterocycles. The van der Waals surface area contributed by atoms with Gasteiger partial charge >= 0.3 is 0 Å². The molecule has 0 aliphatic rings. The van der Waals surface area contributed by atoms with E-state index >= 15 is 0 Å². The quantitative estimate of drug-likeness (QED) is 0.402. The average Bonchev–Trinajstić information content (AvgIpc) is 3.15. The van der Waals surface area contributed by atoms with Crippen LogP contribution in [0, 0.1) is 0 Å². The van der Waals surface area contributed by atoms with Gasteiger partial charge in [0.1, 0.15) is 0 Å². The maximum Gasteiger partial charge on any atom is 0.214 e. The molecule has 0 unspecified atom stereocenters. The van der Waals surface area contributed by atoms with E-state index < -0.39 is 0 Å². The van der Waals surface area contributed by atoms with E-state index in [2.05, 4.69) is 113 Å². The number of nitrogens with zero attached hydrogens (tertiary/aromatic N) is 3. The Morgan fingerprint density at radius 2 is 0.839 bits per heavy atom. The van der Waals surface area contributed by atoms with Crippen LogP contribution in [0.15, 0.2) is 53.8 Å². The molecule has 166 valence electrons. The zero-order valence-electron chi connectivity index (χ0n) is 20.8. The summed E-state index contributed by atoms with van der Waals surface area (Å²) < 4.78 is 4.60. The first kappa shape index (κ1) is 23.1. The van der Waals surface area contributed by atoms with E-state index in [-0.39, 0.29) is 0 Å². The minimum Gasteiger partial charge on any atom is -0.285 e. The molecule has 31 heavy (non-hydrogen) atoms. The van der Waals surface area contributed by atoms with E-state index in [4.69, 9.17) is 4.99 Å². The van der Waals surface area contributed by atoms with Crippen molar-refractivity contribution in [2.45, 2.75) is 79.1 Å². The van der Waals surface area contributed by atoms with Gasteiger partial charge in [-0.3, -0.25) is 14.1 Å². The van der Waals surface area contributed by atoms with Crippen molar-refractivity contribution in [2.75, 3.05) is 7.05 Å². The smallest absolute Gasteiger partial charge is 0.214 e. The SMILES string of the molecule is CN=c1n(-c2c(C(C)C)cccc2C(C)C)ccn1-c1c(C(C)C)cccc1C(C)C. The van der Waals surface area contributed by atoms with Crippen LogP contribution in [-0.4, -0.2) is 16.2 Å². The fourth-order valence-corrected chi connectivity index (χ4v) is 4.53. The predicted molar refractivity (Wildman–Crippen MR) is 133 cm³/mol. The van der Waals surface area contributed by atoms with Crippen molar-refractivity contribution in [3.8, 4) is 11.4 Å². The van der Waals surface area contributed by atoms with E-state index in [9.17, 15) is 0 Å². The van der Waals surface area contributed by atoms with Crippen LogP contribution >= 0.6 is 0 Å². The van der Waals surface area contributed by atoms with Crippen LogP contribution in [-0.2, 0) is 0 Å². The van der Waals surface area contributed by atoms with Crippen molar-refractivity contribution in [2.24, 2.45) is 4.99 Å². The molecule has 0 bridgehead atoms. The second-order valence-corrected chi connectivity index (χ2v) is 9.75. The molecular formula is C28H39N3. The molecule has 0 spiro atoms. The van der Waals surface area contributed by atoms with E-state index in [0.717, 1.165) is 5.62 Å². The highest BCUT2D eigenvalue weighted by molar-refractivity contribution is 5.54. The van der Waals surface area contributed by atoms with Gasteiger partial charge in [-0.05, 0) is 45.9 Å². The lowest BCUT2D eigenvalue weighted by Gasteiger charge is -2.22. The van der Waals surface area contributed by atoms with Gasteiger partial charge in [0.2, 0.25) is 5.62 Å². The third kappa shape index (κ3) is 4.28. The van der Waals surface area contributed by atoms with Crippen molar-refractivity contribution in [3.63, 3.8) is 0 Å². The zero-order valence-corrected chi connectivity index (χ0v) is 20.8. The van der Waals surface area contributed by atoms with E-state index in [1.807, 2.05) is 7.05 Å². The molecule has 1 aromatic heterocycles. The molecule has 3 nitrogen and oxygen atoms in total. The Labute approximate surface area is 188 Å². The maximum atomic E-state index is 4.81. The third-order valence-electron chi connectivity index (χ3n) is 6.16. The van der Waals surface area contributed by atoms with E-state index in [1.165, 1.54) is 33.6 Å². The summed E-state index contributed by atoms with van der Waals surface area (Å²) in [6.07, 6.45) is 4.38. The monoisotopic (exact) mass is 417 g/mol. The number of para-hydroxylation sites is 2. The molecule has 3 aromatic rings. The number of aromatic nitrogens is 2. The summed E-state index contributed by atoms with van der Waals surface area (Å²) in [7, 11) is 1.91. The summed E-state index contributed by atoms with van der Waals surface area (Å²) in [5, 5.41) is 0. The largest absolute Gasteiger partial charge is 0.285 e. The Balaban J connectivity index is 2.40. The molecule has 0 amide bonds. The fraction of sp³-hybridized carbons (Fsp3) is 0.464. The summed E-state index contributed by atoms with van der Waals surface area (Å²) >= 11 is 0.